The Hall–Kier alpha value is -2.57. The summed E-state index contributed by atoms with van der Waals surface area (Å²) in [5.74, 6) is 1.21. The smallest absolute Gasteiger partial charge is 0.230 e. The van der Waals surface area contributed by atoms with Crippen LogP contribution >= 0.6 is 0 Å². The van der Waals surface area contributed by atoms with Crippen LogP contribution in [0.5, 0.6) is 0 Å². The first-order chi connectivity index (χ1) is 14.3. The van der Waals surface area contributed by atoms with E-state index in [4.69, 9.17) is 0 Å². The lowest BCUT2D eigenvalue weighted by Gasteiger charge is -2.31. The van der Waals surface area contributed by atoms with Crippen molar-refractivity contribution >= 4 is 23.5 Å². The second kappa shape index (κ2) is 11.0. The predicted octanol–water partition coefficient (Wildman–Crippen LogP) is 2.98. The summed E-state index contributed by atoms with van der Waals surface area (Å²) in [6.07, 6.45) is 4.50. The summed E-state index contributed by atoms with van der Waals surface area (Å²) in [5, 5.41) is 9.61. The molecule has 7 heteroatoms. The van der Waals surface area contributed by atoms with E-state index in [2.05, 4.69) is 20.9 Å². The average molecular weight is 416 g/mol. The number of guanidine groups is 1. The topological polar surface area (TPSA) is 85.8 Å². The number of carbonyl (C=O) groups excluding carboxylic acids is 2. The summed E-state index contributed by atoms with van der Waals surface area (Å²) >= 11 is 0. The third kappa shape index (κ3) is 6.75. The second-order valence-electron chi connectivity index (χ2n) is 8.81. The van der Waals surface area contributed by atoms with Crippen LogP contribution in [0.1, 0.15) is 51.5 Å². The van der Waals surface area contributed by atoms with Crippen LogP contribution < -0.4 is 16.0 Å². The minimum absolute atomic E-state index is 0.0278. The predicted molar refractivity (Wildman–Crippen MR) is 122 cm³/mol. The molecule has 0 unspecified atom stereocenters. The van der Waals surface area contributed by atoms with Crippen LogP contribution in [0, 0.1) is 11.3 Å². The first-order valence-corrected chi connectivity index (χ1v) is 10.8. The van der Waals surface area contributed by atoms with Gasteiger partial charge in [0.2, 0.25) is 11.8 Å². The van der Waals surface area contributed by atoms with Gasteiger partial charge in [-0.25, -0.2) is 0 Å². The van der Waals surface area contributed by atoms with Crippen LogP contribution in [-0.4, -0.2) is 50.4 Å². The van der Waals surface area contributed by atoms with Gasteiger partial charge in [-0.15, -0.1) is 0 Å². The zero-order valence-electron chi connectivity index (χ0n) is 19.0. The molecule has 1 aliphatic carbocycles. The molecule has 0 aromatic heterocycles. The molecule has 1 aliphatic rings. The SMILES string of the molecule is CN=C(NCc1cccc(NC(=O)CC(C)C)c1)NCC1(C(=O)N(C)C)CCCC1. The molecule has 0 aliphatic heterocycles. The highest BCUT2D eigenvalue weighted by molar-refractivity contribution is 5.91. The molecule has 0 bridgehead atoms. The molecule has 1 aromatic rings. The number of amides is 2. The number of rotatable bonds is 8. The summed E-state index contributed by atoms with van der Waals surface area (Å²) in [7, 11) is 5.37. The molecule has 0 spiro atoms. The van der Waals surface area contributed by atoms with Crippen molar-refractivity contribution < 1.29 is 9.59 Å². The zero-order chi connectivity index (χ0) is 22.1. The van der Waals surface area contributed by atoms with Gasteiger partial charge in [0.1, 0.15) is 0 Å². The fourth-order valence-electron chi connectivity index (χ4n) is 3.99. The van der Waals surface area contributed by atoms with E-state index in [0.29, 0.717) is 31.4 Å². The maximum atomic E-state index is 12.7. The van der Waals surface area contributed by atoms with Gasteiger partial charge >= 0.3 is 0 Å². The summed E-state index contributed by atoms with van der Waals surface area (Å²) in [6.45, 7) is 5.21. The fraction of sp³-hybridized carbons (Fsp3) is 0.609. The maximum Gasteiger partial charge on any atom is 0.230 e. The molecule has 3 N–H and O–H groups in total. The molecular formula is C23H37N5O2. The Bertz CT molecular complexity index is 752. The van der Waals surface area contributed by atoms with Crippen LogP contribution in [-0.2, 0) is 16.1 Å². The number of nitrogens with one attached hydrogen (secondary N) is 3. The minimum atomic E-state index is -0.346. The van der Waals surface area contributed by atoms with Crippen LogP contribution in [0.2, 0.25) is 0 Å². The Balaban J connectivity index is 1.92. The van der Waals surface area contributed by atoms with E-state index in [0.717, 1.165) is 36.9 Å². The Labute approximate surface area is 180 Å². The van der Waals surface area contributed by atoms with Gasteiger partial charge in [0, 0.05) is 46.3 Å². The molecule has 0 heterocycles. The fourth-order valence-corrected chi connectivity index (χ4v) is 3.99. The molecule has 2 amide bonds. The monoisotopic (exact) mass is 415 g/mol. The number of carbonyl (C=O) groups is 2. The van der Waals surface area contributed by atoms with Gasteiger partial charge in [0.05, 0.1) is 5.41 Å². The molecule has 1 fully saturated rings. The Morgan fingerprint density at radius 1 is 1.17 bits per heavy atom. The third-order valence-electron chi connectivity index (χ3n) is 5.50. The van der Waals surface area contributed by atoms with Gasteiger partial charge in [0.25, 0.3) is 0 Å². The molecule has 2 rings (SSSR count). The molecule has 0 radical (unpaired) electrons. The summed E-state index contributed by atoms with van der Waals surface area (Å²) < 4.78 is 0. The average Bonchev–Trinajstić information content (AvgIpc) is 3.17. The van der Waals surface area contributed by atoms with Gasteiger partial charge < -0.3 is 20.9 Å². The minimum Gasteiger partial charge on any atom is -0.355 e. The van der Waals surface area contributed by atoms with Gasteiger partial charge in [-0.1, -0.05) is 38.8 Å². The molecule has 166 valence electrons. The molecule has 7 nitrogen and oxygen atoms in total. The number of benzene rings is 1. The quantitative estimate of drug-likeness (QED) is 0.450. The van der Waals surface area contributed by atoms with E-state index in [1.54, 1.807) is 11.9 Å². The number of aliphatic imine (C=N–C) groups is 1. The second-order valence-corrected chi connectivity index (χ2v) is 8.81. The van der Waals surface area contributed by atoms with Crippen LogP contribution in [0.25, 0.3) is 0 Å². The Kier molecular flexibility index (Phi) is 8.69. The molecule has 1 aromatic carbocycles. The number of hydrogen-bond acceptors (Lipinski definition) is 3. The van der Waals surface area contributed by atoms with Gasteiger partial charge in [-0.3, -0.25) is 14.6 Å². The zero-order valence-corrected chi connectivity index (χ0v) is 19.0. The number of hydrogen-bond donors (Lipinski definition) is 3. The van der Waals surface area contributed by atoms with Crippen molar-refractivity contribution in [3.05, 3.63) is 29.8 Å². The van der Waals surface area contributed by atoms with Crippen LogP contribution in [0.4, 0.5) is 5.69 Å². The van der Waals surface area contributed by atoms with Crippen molar-refractivity contribution in [3.63, 3.8) is 0 Å². The van der Waals surface area contributed by atoms with Crippen molar-refractivity contribution in [2.24, 2.45) is 16.3 Å². The van der Waals surface area contributed by atoms with E-state index in [-0.39, 0.29) is 17.2 Å². The number of nitrogens with zero attached hydrogens (tertiary/aromatic N) is 2. The van der Waals surface area contributed by atoms with Crippen molar-refractivity contribution in [2.75, 3.05) is 33.0 Å². The molecule has 0 saturated heterocycles. The summed E-state index contributed by atoms with van der Waals surface area (Å²) in [6, 6.07) is 7.80. The highest BCUT2D eigenvalue weighted by Gasteiger charge is 2.42. The van der Waals surface area contributed by atoms with Crippen molar-refractivity contribution in [3.8, 4) is 0 Å². The van der Waals surface area contributed by atoms with E-state index in [9.17, 15) is 9.59 Å². The summed E-state index contributed by atoms with van der Waals surface area (Å²) in [5.41, 5.74) is 1.49. The Morgan fingerprint density at radius 3 is 2.47 bits per heavy atom. The molecule has 30 heavy (non-hydrogen) atoms. The first-order valence-electron chi connectivity index (χ1n) is 10.8. The number of anilines is 1. The first kappa shape index (κ1) is 23.7. The van der Waals surface area contributed by atoms with Crippen molar-refractivity contribution in [2.45, 2.75) is 52.5 Å². The van der Waals surface area contributed by atoms with Crippen molar-refractivity contribution in [1.82, 2.24) is 15.5 Å². The molecular weight excluding hydrogens is 378 g/mol. The summed E-state index contributed by atoms with van der Waals surface area (Å²) in [4.78, 5) is 30.7. The molecule has 0 atom stereocenters. The lowest BCUT2D eigenvalue weighted by atomic mass is 9.84. The van der Waals surface area contributed by atoms with Crippen molar-refractivity contribution in [1.29, 1.82) is 0 Å². The molecule has 1 saturated carbocycles. The lowest BCUT2D eigenvalue weighted by molar-refractivity contribution is -0.138. The van der Waals surface area contributed by atoms with E-state index in [1.807, 2.05) is 52.2 Å². The normalized spacial score (nSPS) is 15.7. The standard InChI is InChI=1S/C23H37N5O2/c1-17(2)13-20(29)27-19-10-8-9-18(14-19)15-25-22(24-3)26-16-23(11-6-7-12-23)21(30)28(4)5/h8-10,14,17H,6-7,11-13,15-16H2,1-5H3,(H,27,29)(H2,24,25,26). The van der Waals surface area contributed by atoms with E-state index >= 15 is 0 Å². The van der Waals surface area contributed by atoms with Gasteiger partial charge in [-0.05, 0) is 36.5 Å². The third-order valence-corrected chi connectivity index (χ3v) is 5.50. The maximum absolute atomic E-state index is 12.7. The lowest BCUT2D eigenvalue weighted by Crippen LogP contribution is -2.49. The van der Waals surface area contributed by atoms with E-state index < -0.39 is 0 Å². The highest BCUT2D eigenvalue weighted by Crippen LogP contribution is 2.38. The van der Waals surface area contributed by atoms with Gasteiger partial charge in [-0.2, -0.15) is 0 Å². The largest absolute Gasteiger partial charge is 0.355 e. The van der Waals surface area contributed by atoms with Crippen LogP contribution in [0.3, 0.4) is 0 Å². The highest BCUT2D eigenvalue weighted by atomic mass is 16.2. The van der Waals surface area contributed by atoms with Gasteiger partial charge in [0.15, 0.2) is 5.96 Å². The Morgan fingerprint density at radius 2 is 1.87 bits per heavy atom. The van der Waals surface area contributed by atoms with E-state index in [1.165, 1.54) is 0 Å². The van der Waals surface area contributed by atoms with Crippen LogP contribution in [0.15, 0.2) is 29.3 Å².